The zero-order valence-electron chi connectivity index (χ0n) is 13.9. The fourth-order valence-electron chi connectivity index (χ4n) is 3.75. The number of morpholine rings is 1. The van der Waals surface area contributed by atoms with Crippen LogP contribution < -0.4 is 5.32 Å². The van der Waals surface area contributed by atoms with Gasteiger partial charge in [0.2, 0.25) is 5.91 Å². The van der Waals surface area contributed by atoms with E-state index in [1.54, 1.807) is 0 Å². The van der Waals surface area contributed by atoms with E-state index >= 15 is 0 Å². The lowest BCUT2D eigenvalue weighted by Gasteiger charge is -2.39. The van der Waals surface area contributed by atoms with Crippen molar-refractivity contribution in [1.82, 2.24) is 20.0 Å². The standard InChI is InChI=1S/C16H30N4O2/c1-16(2-3-17-13-16)14-19-6-4-18(5-7-19)12-15(21)20-8-10-22-11-9-20/h17H,2-14H2,1H3. The van der Waals surface area contributed by atoms with Crippen LogP contribution in [0.25, 0.3) is 0 Å². The predicted octanol–water partition coefficient (Wildman–Crippen LogP) is -0.538. The van der Waals surface area contributed by atoms with E-state index in [4.69, 9.17) is 4.74 Å². The van der Waals surface area contributed by atoms with Crippen molar-refractivity contribution >= 4 is 5.91 Å². The molecule has 126 valence electrons. The molecule has 0 radical (unpaired) electrons. The van der Waals surface area contributed by atoms with Gasteiger partial charge in [-0.15, -0.1) is 0 Å². The lowest BCUT2D eigenvalue weighted by molar-refractivity contribution is -0.136. The molecule has 6 heteroatoms. The summed E-state index contributed by atoms with van der Waals surface area (Å²) >= 11 is 0. The van der Waals surface area contributed by atoms with Gasteiger partial charge < -0.3 is 19.9 Å². The highest BCUT2D eigenvalue weighted by molar-refractivity contribution is 5.78. The molecule has 3 aliphatic heterocycles. The van der Waals surface area contributed by atoms with Gasteiger partial charge in [0.05, 0.1) is 19.8 Å². The van der Waals surface area contributed by atoms with Crippen LogP contribution in [0, 0.1) is 5.41 Å². The number of nitrogens with one attached hydrogen (secondary N) is 1. The van der Waals surface area contributed by atoms with E-state index in [1.165, 1.54) is 13.0 Å². The summed E-state index contributed by atoms with van der Waals surface area (Å²) in [7, 11) is 0. The van der Waals surface area contributed by atoms with E-state index in [1.807, 2.05) is 4.90 Å². The van der Waals surface area contributed by atoms with Crippen LogP contribution in [-0.4, -0.2) is 99.3 Å². The van der Waals surface area contributed by atoms with Crippen molar-refractivity contribution in [3.8, 4) is 0 Å². The van der Waals surface area contributed by atoms with Gasteiger partial charge in [0.15, 0.2) is 0 Å². The second kappa shape index (κ2) is 7.25. The highest BCUT2D eigenvalue weighted by atomic mass is 16.5. The van der Waals surface area contributed by atoms with Gasteiger partial charge in [0.25, 0.3) is 0 Å². The molecule has 0 spiro atoms. The Labute approximate surface area is 133 Å². The Bertz CT molecular complexity index is 370. The summed E-state index contributed by atoms with van der Waals surface area (Å²) in [5.74, 6) is 0.267. The summed E-state index contributed by atoms with van der Waals surface area (Å²) in [6.45, 7) is 13.5. The van der Waals surface area contributed by atoms with Crippen LogP contribution >= 0.6 is 0 Å². The second-order valence-corrected chi connectivity index (χ2v) is 7.28. The highest BCUT2D eigenvalue weighted by Crippen LogP contribution is 2.26. The molecule has 22 heavy (non-hydrogen) atoms. The SMILES string of the molecule is CC1(CN2CCN(CC(=O)N3CCOCC3)CC2)CCNC1. The number of nitrogens with zero attached hydrogens (tertiary/aromatic N) is 3. The molecule has 1 unspecified atom stereocenters. The summed E-state index contributed by atoms with van der Waals surface area (Å²) in [6, 6.07) is 0. The molecule has 6 nitrogen and oxygen atoms in total. The van der Waals surface area contributed by atoms with Crippen LogP contribution in [0.3, 0.4) is 0 Å². The molecule has 0 saturated carbocycles. The maximum Gasteiger partial charge on any atom is 0.236 e. The maximum atomic E-state index is 12.3. The van der Waals surface area contributed by atoms with Crippen molar-refractivity contribution in [2.45, 2.75) is 13.3 Å². The summed E-state index contributed by atoms with van der Waals surface area (Å²) in [5.41, 5.74) is 0.436. The number of rotatable bonds is 4. The van der Waals surface area contributed by atoms with Crippen molar-refractivity contribution in [1.29, 1.82) is 0 Å². The summed E-state index contributed by atoms with van der Waals surface area (Å²) in [4.78, 5) is 19.1. The highest BCUT2D eigenvalue weighted by Gasteiger charge is 2.32. The molecule has 0 aliphatic carbocycles. The molecule has 0 bridgehead atoms. The first-order valence-electron chi connectivity index (χ1n) is 8.66. The molecule has 3 aliphatic rings. The number of ether oxygens (including phenoxy) is 1. The van der Waals surface area contributed by atoms with Gasteiger partial charge in [-0.05, 0) is 18.4 Å². The number of amides is 1. The number of carbonyl (C=O) groups excluding carboxylic acids is 1. The number of carbonyl (C=O) groups is 1. The largest absolute Gasteiger partial charge is 0.378 e. The van der Waals surface area contributed by atoms with E-state index < -0.39 is 0 Å². The lowest BCUT2D eigenvalue weighted by Crippen LogP contribution is -2.53. The molecule has 0 aromatic heterocycles. The first-order valence-corrected chi connectivity index (χ1v) is 8.66. The van der Waals surface area contributed by atoms with E-state index in [0.29, 0.717) is 25.2 Å². The van der Waals surface area contributed by atoms with Crippen molar-refractivity contribution in [2.75, 3.05) is 78.7 Å². The minimum absolute atomic E-state index is 0.267. The monoisotopic (exact) mass is 310 g/mol. The molecule has 1 N–H and O–H groups in total. The average Bonchev–Trinajstić information content (AvgIpc) is 2.96. The molecular formula is C16H30N4O2. The zero-order valence-corrected chi connectivity index (χ0v) is 13.9. The van der Waals surface area contributed by atoms with Gasteiger partial charge >= 0.3 is 0 Å². The van der Waals surface area contributed by atoms with Crippen molar-refractivity contribution in [3.63, 3.8) is 0 Å². The van der Waals surface area contributed by atoms with Crippen molar-refractivity contribution in [3.05, 3.63) is 0 Å². The molecule has 3 heterocycles. The quantitative estimate of drug-likeness (QED) is 0.756. The Morgan fingerprint density at radius 2 is 1.77 bits per heavy atom. The third kappa shape index (κ3) is 4.19. The third-order valence-electron chi connectivity index (χ3n) is 5.25. The Balaban J connectivity index is 1.39. The normalized spacial score (nSPS) is 31.6. The van der Waals surface area contributed by atoms with Crippen LogP contribution in [0.15, 0.2) is 0 Å². The van der Waals surface area contributed by atoms with E-state index in [9.17, 15) is 4.79 Å². The second-order valence-electron chi connectivity index (χ2n) is 7.28. The van der Waals surface area contributed by atoms with E-state index in [0.717, 1.165) is 52.4 Å². The number of hydrogen-bond acceptors (Lipinski definition) is 5. The van der Waals surface area contributed by atoms with Crippen LogP contribution in [0.1, 0.15) is 13.3 Å². The van der Waals surface area contributed by atoms with Crippen LogP contribution in [0.2, 0.25) is 0 Å². The maximum absolute atomic E-state index is 12.3. The minimum atomic E-state index is 0.267. The third-order valence-corrected chi connectivity index (χ3v) is 5.25. The van der Waals surface area contributed by atoms with Crippen molar-refractivity contribution in [2.24, 2.45) is 5.41 Å². The van der Waals surface area contributed by atoms with Gasteiger partial charge in [0, 0.05) is 52.4 Å². The van der Waals surface area contributed by atoms with Gasteiger partial charge in [-0.3, -0.25) is 9.69 Å². The first-order chi connectivity index (χ1) is 10.6. The topological polar surface area (TPSA) is 48.0 Å². The summed E-state index contributed by atoms with van der Waals surface area (Å²) < 4.78 is 5.31. The average molecular weight is 310 g/mol. The van der Waals surface area contributed by atoms with Crippen LogP contribution in [0.5, 0.6) is 0 Å². The minimum Gasteiger partial charge on any atom is -0.378 e. The fourth-order valence-corrected chi connectivity index (χ4v) is 3.75. The number of piperazine rings is 1. The Morgan fingerprint density at radius 1 is 1.09 bits per heavy atom. The van der Waals surface area contributed by atoms with Gasteiger partial charge in [-0.1, -0.05) is 6.92 Å². The zero-order chi connectivity index (χ0) is 15.4. The Hall–Kier alpha value is -0.690. The predicted molar refractivity (Wildman–Crippen MR) is 85.9 cm³/mol. The molecule has 3 saturated heterocycles. The van der Waals surface area contributed by atoms with Gasteiger partial charge in [0.1, 0.15) is 0 Å². The van der Waals surface area contributed by atoms with Crippen molar-refractivity contribution < 1.29 is 9.53 Å². The van der Waals surface area contributed by atoms with Gasteiger partial charge in [-0.2, -0.15) is 0 Å². The van der Waals surface area contributed by atoms with E-state index in [-0.39, 0.29) is 5.91 Å². The Morgan fingerprint density at radius 3 is 2.41 bits per heavy atom. The molecule has 3 rings (SSSR count). The molecule has 1 atom stereocenters. The molecular weight excluding hydrogens is 280 g/mol. The lowest BCUT2D eigenvalue weighted by atomic mass is 9.89. The molecule has 1 amide bonds. The van der Waals surface area contributed by atoms with E-state index in [2.05, 4.69) is 22.0 Å². The molecule has 0 aromatic carbocycles. The number of hydrogen-bond donors (Lipinski definition) is 1. The summed E-state index contributed by atoms with van der Waals surface area (Å²) in [5, 5.41) is 3.48. The van der Waals surface area contributed by atoms with Gasteiger partial charge in [-0.25, -0.2) is 0 Å². The Kier molecular flexibility index (Phi) is 5.33. The molecule has 3 fully saturated rings. The summed E-state index contributed by atoms with van der Waals surface area (Å²) in [6.07, 6.45) is 1.28. The first kappa shape index (κ1) is 16.2. The fraction of sp³-hybridized carbons (Fsp3) is 0.938. The van der Waals surface area contributed by atoms with Crippen LogP contribution in [0.4, 0.5) is 0 Å². The molecule has 0 aromatic rings. The smallest absolute Gasteiger partial charge is 0.236 e. The van der Waals surface area contributed by atoms with Crippen LogP contribution in [-0.2, 0) is 9.53 Å².